The molecular formula is C23H25FN4O. The summed E-state index contributed by atoms with van der Waals surface area (Å²) >= 11 is 0. The number of rotatable bonds is 3. The molecule has 2 aromatic rings. The van der Waals surface area contributed by atoms with Crippen molar-refractivity contribution in [1.29, 1.82) is 5.26 Å². The van der Waals surface area contributed by atoms with Crippen LogP contribution in [0.25, 0.3) is 0 Å². The van der Waals surface area contributed by atoms with E-state index in [2.05, 4.69) is 11.1 Å². The zero-order valence-electron chi connectivity index (χ0n) is 17.4. The van der Waals surface area contributed by atoms with E-state index in [9.17, 15) is 9.18 Å². The van der Waals surface area contributed by atoms with Crippen LogP contribution in [0, 0.1) is 29.5 Å². The van der Waals surface area contributed by atoms with Crippen molar-refractivity contribution < 1.29 is 9.18 Å². The first-order valence-electron chi connectivity index (χ1n) is 9.43. The molecule has 29 heavy (non-hydrogen) atoms. The topological polar surface area (TPSA) is 82.5 Å². The van der Waals surface area contributed by atoms with E-state index in [0.29, 0.717) is 17.5 Å². The number of nitrogens with zero attached hydrogens (tertiary/aromatic N) is 3. The fourth-order valence-electron chi connectivity index (χ4n) is 3.82. The number of benzene rings is 2. The van der Waals surface area contributed by atoms with Gasteiger partial charge in [-0.3, -0.25) is 9.69 Å². The van der Waals surface area contributed by atoms with Gasteiger partial charge < -0.3 is 5.73 Å². The van der Waals surface area contributed by atoms with Crippen LogP contribution in [0.4, 0.5) is 4.39 Å². The van der Waals surface area contributed by atoms with Crippen LogP contribution in [0.15, 0.2) is 41.4 Å². The molecule has 1 heterocycles. The Morgan fingerprint density at radius 3 is 2.41 bits per heavy atom. The van der Waals surface area contributed by atoms with Gasteiger partial charge in [0.1, 0.15) is 11.4 Å². The SMILES string of the molecule is Cc1cc(Cc2ccc(F)c([C@@]3(C)N=C(N)N(C)C(=O)C3(C)C)c2)ccc1C#N. The average molecular weight is 392 g/mol. The van der Waals surface area contributed by atoms with Gasteiger partial charge in [-0.2, -0.15) is 5.26 Å². The Hall–Kier alpha value is -3.20. The molecule has 0 aromatic heterocycles. The molecule has 0 fully saturated rings. The van der Waals surface area contributed by atoms with Gasteiger partial charge in [0.2, 0.25) is 5.91 Å². The fraction of sp³-hybridized carbons (Fsp3) is 0.348. The number of aliphatic imine (C=N–C) groups is 1. The van der Waals surface area contributed by atoms with Gasteiger partial charge in [-0.1, -0.05) is 24.3 Å². The molecule has 2 N–H and O–H groups in total. The Bertz CT molecular complexity index is 1070. The molecule has 1 amide bonds. The van der Waals surface area contributed by atoms with Gasteiger partial charge in [0.15, 0.2) is 5.96 Å². The fourth-order valence-corrected chi connectivity index (χ4v) is 3.82. The van der Waals surface area contributed by atoms with Gasteiger partial charge in [0.25, 0.3) is 0 Å². The Kier molecular flexibility index (Phi) is 4.96. The molecule has 1 aliphatic rings. The van der Waals surface area contributed by atoms with E-state index in [1.807, 2.05) is 19.1 Å². The molecule has 6 heteroatoms. The lowest BCUT2D eigenvalue weighted by molar-refractivity contribution is -0.140. The predicted molar refractivity (Wildman–Crippen MR) is 111 cm³/mol. The Labute approximate surface area is 170 Å². The number of aryl methyl sites for hydroxylation is 1. The molecule has 1 aliphatic heterocycles. The van der Waals surface area contributed by atoms with Crippen LogP contribution in [0.1, 0.15) is 48.6 Å². The highest BCUT2D eigenvalue weighted by atomic mass is 19.1. The van der Waals surface area contributed by atoms with Crippen LogP contribution in [-0.4, -0.2) is 23.8 Å². The monoisotopic (exact) mass is 392 g/mol. The molecule has 3 rings (SSSR count). The number of nitriles is 1. The van der Waals surface area contributed by atoms with Crippen molar-refractivity contribution in [3.05, 3.63) is 70.0 Å². The Balaban J connectivity index is 2.07. The summed E-state index contributed by atoms with van der Waals surface area (Å²) in [7, 11) is 1.57. The zero-order valence-corrected chi connectivity index (χ0v) is 17.4. The van der Waals surface area contributed by atoms with Gasteiger partial charge in [-0.25, -0.2) is 9.38 Å². The summed E-state index contributed by atoms with van der Waals surface area (Å²) in [6, 6.07) is 12.7. The molecular weight excluding hydrogens is 367 g/mol. The minimum Gasteiger partial charge on any atom is -0.369 e. The number of carbonyl (C=O) groups excluding carboxylic acids is 1. The molecule has 2 aromatic carbocycles. The van der Waals surface area contributed by atoms with Gasteiger partial charge in [-0.05, 0) is 62.9 Å². The first-order chi connectivity index (χ1) is 13.5. The smallest absolute Gasteiger partial charge is 0.237 e. The van der Waals surface area contributed by atoms with Crippen molar-refractivity contribution >= 4 is 11.9 Å². The Morgan fingerprint density at radius 2 is 1.79 bits per heavy atom. The molecule has 0 bridgehead atoms. The second-order valence-electron chi connectivity index (χ2n) is 8.28. The largest absolute Gasteiger partial charge is 0.369 e. The molecule has 0 unspecified atom stereocenters. The molecule has 0 radical (unpaired) electrons. The number of carbonyl (C=O) groups is 1. The highest BCUT2D eigenvalue weighted by molar-refractivity contribution is 6.01. The van der Waals surface area contributed by atoms with Crippen LogP contribution < -0.4 is 5.73 Å². The minimum absolute atomic E-state index is 0.0735. The van der Waals surface area contributed by atoms with Crippen LogP contribution in [0.2, 0.25) is 0 Å². The third kappa shape index (κ3) is 3.27. The molecule has 5 nitrogen and oxygen atoms in total. The van der Waals surface area contributed by atoms with E-state index >= 15 is 0 Å². The summed E-state index contributed by atoms with van der Waals surface area (Å²) in [5.41, 5.74) is 7.64. The first-order valence-corrected chi connectivity index (χ1v) is 9.43. The van der Waals surface area contributed by atoms with Crippen LogP contribution in [0.5, 0.6) is 0 Å². The second kappa shape index (κ2) is 7.00. The molecule has 0 aliphatic carbocycles. The van der Waals surface area contributed by atoms with Crippen LogP contribution in [0.3, 0.4) is 0 Å². The van der Waals surface area contributed by atoms with E-state index in [4.69, 9.17) is 11.0 Å². The molecule has 0 saturated carbocycles. The van der Waals surface area contributed by atoms with E-state index < -0.39 is 16.8 Å². The number of amides is 1. The summed E-state index contributed by atoms with van der Waals surface area (Å²) in [5, 5.41) is 9.10. The lowest BCUT2D eigenvalue weighted by Crippen LogP contribution is -2.58. The normalized spacial score (nSPS) is 20.9. The quantitative estimate of drug-likeness (QED) is 0.866. The van der Waals surface area contributed by atoms with Crippen molar-refractivity contribution in [3.63, 3.8) is 0 Å². The molecule has 0 saturated heterocycles. The molecule has 1 atom stereocenters. The zero-order chi connectivity index (χ0) is 21.6. The van der Waals surface area contributed by atoms with Crippen molar-refractivity contribution in [2.75, 3.05) is 7.05 Å². The van der Waals surface area contributed by atoms with Gasteiger partial charge in [0, 0.05) is 12.6 Å². The van der Waals surface area contributed by atoms with Gasteiger partial charge >= 0.3 is 0 Å². The minimum atomic E-state index is -1.14. The van der Waals surface area contributed by atoms with Crippen molar-refractivity contribution in [3.8, 4) is 6.07 Å². The van der Waals surface area contributed by atoms with Crippen molar-refractivity contribution in [1.82, 2.24) is 4.90 Å². The third-order valence-corrected chi connectivity index (χ3v) is 6.11. The van der Waals surface area contributed by atoms with Crippen LogP contribution >= 0.6 is 0 Å². The number of hydrogen-bond donors (Lipinski definition) is 1. The van der Waals surface area contributed by atoms with E-state index in [1.165, 1.54) is 11.0 Å². The van der Waals surface area contributed by atoms with E-state index in [-0.39, 0.29) is 11.9 Å². The maximum atomic E-state index is 14.9. The van der Waals surface area contributed by atoms with Crippen molar-refractivity contribution in [2.45, 2.75) is 39.7 Å². The van der Waals surface area contributed by atoms with Crippen molar-refractivity contribution in [2.24, 2.45) is 16.1 Å². The lowest BCUT2D eigenvalue weighted by atomic mass is 9.67. The lowest BCUT2D eigenvalue weighted by Gasteiger charge is -2.46. The molecule has 150 valence electrons. The highest BCUT2D eigenvalue weighted by Crippen LogP contribution is 2.47. The number of hydrogen-bond acceptors (Lipinski definition) is 4. The van der Waals surface area contributed by atoms with Gasteiger partial charge in [-0.15, -0.1) is 0 Å². The molecule has 0 spiro atoms. The predicted octanol–water partition coefficient (Wildman–Crippen LogP) is 3.62. The standard InChI is InChI=1S/C23H25FN4O/c1-14-10-15(6-8-17(14)13-25)11-16-7-9-19(24)18(12-16)23(4)22(2,3)20(29)28(5)21(26)27-23/h6-10,12H,11H2,1-5H3,(H2,26,27)/t23-/m1/s1. The van der Waals surface area contributed by atoms with Gasteiger partial charge in [0.05, 0.1) is 17.0 Å². The summed E-state index contributed by atoms with van der Waals surface area (Å²) in [5.74, 6) is -0.557. The number of halogens is 1. The summed E-state index contributed by atoms with van der Waals surface area (Å²) in [6.07, 6.45) is 0.573. The summed E-state index contributed by atoms with van der Waals surface area (Å²) in [6.45, 7) is 7.16. The summed E-state index contributed by atoms with van der Waals surface area (Å²) in [4.78, 5) is 18.7. The second-order valence-corrected chi connectivity index (χ2v) is 8.28. The van der Waals surface area contributed by atoms with E-state index in [1.54, 1.807) is 46.0 Å². The maximum absolute atomic E-state index is 14.9. The maximum Gasteiger partial charge on any atom is 0.237 e. The average Bonchev–Trinajstić information content (AvgIpc) is 2.67. The first kappa shape index (κ1) is 20.5. The van der Waals surface area contributed by atoms with E-state index in [0.717, 1.165) is 16.7 Å². The Morgan fingerprint density at radius 1 is 1.17 bits per heavy atom. The van der Waals surface area contributed by atoms with Crippen LogP contribution in [-0.2, 0) is 16.8 Å². The summed E-state index contributed by atoms with van der Waals surface area (Å²) < 4.78 is 14.9. The highest BCUT2D eigenvalue weighted by Gasteiger charge is 2.53. The number of guanidine groups is 1. The number of nitrogens with two attached hydrogens (primary N) is 1. The third-order valence-electron chi connectivity index (χ3n) is 6.11.